The summed E-state index contributed by atoms with van der Waals surface area (Å²) in [6, 6.07) is 0. The van der Waals surface area contributed by atoms with E-state index in [-0.39, 0.29) is 5.41 Å². The molecule has 0 aliphatic rings. The zero-order valence-electron chi connectivity index (χ0n) is 7.40. The van der Waals surface area contributed by atoms with Gasteiger partial charge in [-0.3, -0.25) is 0 Å². The third-order valence-corrected chi connectivity index (χ3v) is 3.10. The fourth-order valence-corrected chi connectivity index (χ4v) is 1.18. The van der Waals surface area contributed by atoms with Gasteiger partial charge < -0.3 is 4.74 Å². The van der Waals surface area contributed by atoms with E-state index in [1.807, 2.05) is 13.0 Å². The van der Waals surface area contributed by atoms with Gasteiger partial charge in [0.15, 0.2) is 0 Å². The fraction of sp³-hybridized carbons (Fsp3) is 0.778. The van der Waals surface area contributed by atoms with Crippen molar-refractivity contribution in [3.63, 3.8) is 0 Å². The molecule has 0 saturated heterocycles. The van der Waals surface area contributed by atoms with Gasteiger partial charge in [0.05, 0.1) is 0 Å². The van der Waals surface area contributed by atoms with Gasteiger partial charge in [0.1, 0.15) is 0 Å². The lowest BCUT2D eigenvalue weighted by Gasteiger charge is -2.22. The Morgan fingerprint density at radius 3 is 2.64 bits per heavy atom. The minimum atomic E-state index is 0.190. The van der Waals surface area contributed by atoms with Crippen molar-refractivity contribution in [2.45, 2.75) is 20.3 Å². The molecule has 0 heterocycles. The largest absolute Gasteiger partial charge is 0.382 e. The second-order valence-electron chi connectivity index (χ2n) is 2.94. The molecule has 0 aromatic rings. The van der Waals surface area contributed by atoms with E-state index in [2.05, 4.69) is 29.4 Å². The van der Waals surface area contributed by atoms with E-state index >= 15 is 0 Å². The summed E-state index contributed by atoms with van der Waals surface area (Å²) in [7, 11) is 0. The first-order valence-corrected chi connectivity index (χ1v) is 5.08. The molecule has 0 bridgehead atoms. The second-order valence-corrected chi connectivity index (χ2v) is 3.50. The molecule has 0 aliphatic carbocycles. The number of allylic oxidation sites excluding steroid dienone is 1. The Balaban J connectivity index is 3.60. The van der Waals surface area contributed by atoms with Gasteiger partial charge in [0.25, 0.3) is 0 Å². The molecule has 0 amide bonds. The molecule has 1 nitrogen and oxygen atoms in total. The van der Waals surface area contributed by atoms with Gasteiger partial charge >= 0.3 is 0 Å². The summed E-state index contributed by atoms with van der Waals surface area (Å²) in [6.45, 7) is 9.61. The average molecular weight is 221 g/mol. The summed E-state index contributed by atoms with van der Waals surface area (Å²) in [6.07, 6.45) is 3.02. The van der Waals surface area contributed by atoms with Gasteiger partial charge in [-0.15, -0.1) is 6.58 Å². The van der Waals surface area contributed by atoms with Crippen LogP contribution in [0.4, 0.5) is 0 Å². The van der Waals surface area contributed by atoms with Crippen LogP contribution in [-0.4, -0.2) is 18.5 Å². The Morgan fingerprint density at radius 2 is 2.27 bits per heavy atom. The van der Waals surface area contributed by atoms with Crippen LogP contribution >= 0.6 is 15.9 Å². The molecule has 0 aromatic carbocycles. The quantitative estimate of drug-likeness (QED) is 0.380. The normalized spacial score (nSPS) is 15.9. The maximum Gasteiger partial charge on any atom is 0.0474 e. The first-order chi connectivity index (χ1) is 5.18. The second kappa shape index (κ2) is 5.78. The average Bonchev–Trinajstić information content (AvgIpc) is 2.05. The van der Waals surface area contributed by atoms with Crippen LogP contribution in [0, 0.1) is 5.41 Å². The molecule has 1 unspecified atom stereocenters. The Hall–Kier alpha value is 0.180. The molecule has 0 N–H and O–H groups in total. The van der Waals surface area contributed by atoms with Crippen molar-refractivity contribution in [2.24, 2.45) is 5.41 Å². The van der Waals surface area contributed by atoms with Gasteiger partial charge in [-0.05, 0) is 18.8 Å². The minimum absolute atomic E-state index is 0.190. The number of rotatable bonds is 6. The number of hydrogen-bond donors (Lipinski definition) is 0. The van der Waals surface area contributed by atoms with Crippen molar-refractivity contribution in [3.05, 3.63) is 12.7 Å². The van der Waals surface area contributed by atoms with Crippen LogP contribution in [0.3, 0.4) is 0 Å². The number of ether oxygens (including phenoxy) is 1. The van der Waals surface area contributed by atoms with Crippen LogP contribution < -0.4 is 0 Å². The van der Waals surface area contributed by atoms with Gasteiger partial charge in [-0.25, -0.2) is 0 Å². The molecular weight excluding hydrogens is 204 g/mol. The molecule has 0 rings (SSSR count). The van der Waals surface area contributed by atoms with Crippen molar-refractivity contribution < 1.29 is 4.74 Å². The molecule has 0 aromatic heterocycles. The molecule has 1 atom stereocenters. The van der Waals surface area contributed by atoms with Crippen LogP contribution in [0.2, 0.25) is 0 Å². The lowest BCUT2D eigenvalue weighted by molar-refractivity contribution is 0.126. The minimum Gasteiger partial charge on any atom is -0.382 e. The molecule has 0 aliphatic heterocycles. The SMILES string of the molecule is C=CC(C)(CBr)CCOCC. The zero-order valence-corrected chi connectivity index (χ0v) is 8.99. The maximum absolute atomic E-state index is 5.26. The standard InChI is InChI=1S/C9H17BrO/c1-4-9(3,8-10)6-7-11-5-2/h4H,1,5-8H2,2-3H3. The van der Waals surface area contributed by atoms with Gasteiger partial charge in [-0.2, -0.15) is 0 Å². The summed E-state index contributed by atoms with van der Waals surface area (Å²) in [4.78, 5) is 0. The maximum atomic E-state index is 5.26. The van der Waals surface area contributed by atoms with Crippen molar-refractivity contribution in [3.8, 4) is 0 Å². The highest BCUT2D eigenvalue weighted by Crippen LogP contribution is 2.24. The van der Waals surface area contributed by atoms with Crippen LogP contribution in [-0.2, 0) is 4.74 Å². The monoisotopic (exact) mass is 220 g/mol. The van der Waals surface area contributed by atoms with E-state index < -0.39 is 0 Å². The fourth-order valence-electron chi connectivity index (χ4n) is 0.673. The van der Waals surface area contributed by atoms with Crippen LogP contribution in [0.5, 0.6) is 0 Å². The lowest BCUT2D eigenvalue weighted by Crippen LogP contribution is -2.17. The van der Waals surface area contributed by atoms with Crippen LogP contribution in [0.1, 0.15) is 20.3 Å². The van der Waals surface area contributed by atoms with Crippen LogP contribution in [0.15, 0.2) is 12.7 Å². The van der Waals surface area contributed by atoms with Crippen LogP contribution in [0.25, 0.3) is 0 Å². The number of halogens is 1. The Labute approximate surface area is 78.0 Å². The predicted octanol–water partition coefficient (Wildman–Crippen LogP) is 3.00. The van der Waals surface area contributed by atoms with E-state index in [0.29, 0.717) is 0 Å². The number of alkyl halides is 1. The van der Waals surface area contributed by atoms with Gasteiger partial charge in [0.2, 0.25) is 0 Å². The third-order valence-electron chi connectivity index (χ3n) is 1.82. The van der Waals surface area contributed by atoms with Gasteiger partial charge in [-0.1, -0.05) is 28.9 Å². The van der Waals surface area contributed by atoms with Crippen molar-refractivity contribution >= 4 is 15.9 Å². The lowest BCUT2D eigenvalue weighted by atomic mass is 9.90. The highest BCUT2D eigenvalue weighted by Gasteiger charge is 2.17. The molecule has 0 spiro atoms. The smallest absolute Gasteiger partial charge is 0.0474 e. The molecule has 11 heavy (non-hydrogen) atoms. The first kappa shape index (κ1) is 11.2. The zero-order chi connectivity index (χ0) is 8.74. The Bertz CT molecular complexity index is 114. The summed E-state index contributed by atoms with van der Waals surface area (Å²) >= 11 is 3.46. The summed E-state index contributed by atoms with van der Waals surface area (Å²) in [5.41, 5.74) is 0.190. The highest BCUT2D eigenvalue weighted by atomic mass is 79.9. The topological polar surface area (TPSA) is 9.23 Å². The van der Waals surface area contributed by atoms with E-state index in [9.17, 15) is 0 Å². The molecule has 0 fully saturated rings. The summed E-state index contributed by atoms with van der Waals surface area (Å²) in [5.74, 6) is 0. The van der Waals surface area contributed by atoms with E-state index in [1.54, 1.807) is 0 Å². The molecule has 66 valence electrons. The number of hydrogen-bond acceptors (Lipinski definition) is 1. The predicted molar refractivity (Wildman–Crippen MR) is 53.2 cm³/mol. The highest BCUT2D eigenvalue weighted by molar-refractivity contribution is 9.09. The summed E-state index contributed by atoms with van der Waals surface area (Å²) < 4.78 is 5.26. The Kier molecular flexibility index (Phi) is 5.88. The first-order valence-electron chi connectivity index (χ1n) is 3.96. The molecule has 2 heteroatoms. The van der Waals surface area contributed by atoms with E-state index in [4.69, 9.17) is 4.74 Å². The molecule has 0 saturated carbocycles. The van der Waals surface area contributed by atoms with Crippen molar-refractivity contribution in [1.29, 1.82) is 0 Å². The van der Waals surface area contributed by atoms with Crippen molar-refractivity contribution in [2.75, 3.05) is 18.5 Å². The summed E-state index contributed by atoms with van der Waals surface area (Å²) in [5, 5.41) is 0.955. The third kappa shape index (κ3) is 4.59. The molecular formula is C9H17BrO. The van der Waals surface area contributed by atoms with Gasteiger partial charge in [0, 0.05) is 18.5 Å². The Morgan fingerprint density at radius 1 is 1.64 bits per heavy atom. The van der Waals surface area contributed by atoms with Crippen molar-refractivity contribution in [1.82, 2.24) is 0 Å². The van der Waals surface area contributed by atoms with E-state index in [0.717, 1.165) is 25.0 Å². The molecule has 0 radical (unpaired) electrons. The van der Waals surface area contributed by atoms with E-state index in [1.165, 1.54) is 0 Å².